The molecule has 0 atom stereocenters. The molecule has 1 aliphatic rings. The van der Waals surface area contributed by atoms with Crippen LogP contribution in [0.25, 0.3) is 0 Å². The Morgan fingerprint density at radius 2 is 2.00 bits per heavy atom. The van der Waals surface area contributed by atoms with Crippen LogP contribution in [0.5, 0.6) is 0 Å². The number of rotatable bonds is 6. The van der Waals surface area contributed by atoms with Gasteiger partial charge < -0.3 is 14.9 Å². The maximum Gasteiger partial charge on any atom is 0.339 e. The van der Waals surface area contributed by atoms with E-state index in [1.165, 1.54) is 0 Å². The van der Waals surface area contributed by atoms with Crippen LogP contribution in [0.15, 0.2) is 11.6 Å². The van der Waals surface area contributed by atoms with Gasteiger partial charge in [0.1, 0.15) is 6.61 Å². The summed E-state index contributed by atoms with van der Waals surface area (Å²) in [5.74, 6) is -0.277. The van der Waals surface area contributed by atoms with Crippen molar-refractivity contribution < 1.29 is 29.3 Å². The first-order chi connectivity index (χ1) is 11.8. The molecule has 0 spiro atoms. The number of carbonyl (C=O) groups is 3. The largest absolute Gasteiger partial charge is 0.481 e. The van der Waals surface area contributed by atoms with Crippen molar-refractivity contribution in [3.05, 3.63) is 45.0 Å². The van der Waals surface area contributed by atoms with Gasteiger partial charge in [-0.05, 0) is 37.8 Å². The number of aromatic carboxylic acids is 1. The molecule has 0 saturated carbocycles. The van der Waals surface area contributed by atoms with Gasteiger partial charge in [-0.1, -0.05) is 17.6 Å². The molecule has 0 saturated heterocycles. The van der Waals surface area contributed by atoms with Crippen LogP contribution >= 0.6 is 0 Å². The number of carboxylic acid groups (broad SMARTS) is 2. The minimum atomic E-state index is -1.24. The first kappa shape index (κ1) is 18.3. The van der Waals surface area contributed by atoms with Gasteiger partial charge in [-0.2, -0.15) is 0 Å². The van der Waals surface area contributed by atoms with E-state index in [1.807, 2.05) is 0 Å². The Balaban J connectivity index is 2.55. The lowest BCUT2D eigenvalue weighted by Crippen LogP contribution is -2.14. The number of terminal acetylenes is 1. The molecular weight excluding hydrogens is 324 g/mol. The number of esters is 1. The summed E-state index contributed by atoms with van der Waals surface area (Å²) in [6.07, 6.45) is 7.88. The Morgan fingerprint density at radius 3 is 2.56 bits per heavy atom. The fourth-order valence-corrected chi connectivity index (χ4v) is 2.93. The van der Waals surface area contributed by atoms with Crippen molar-refractivity contribution in [2.24, 2.45) is 0 Å². The zero-order valence-electron chi connectivity index (χ0n) is 14.0. The fraction of sp³-hybridized carbons (Fsp3) is 0.316. The molecule has 2 rings (SSSR count). The maximum absolute atomic E-state index is 12.0. The lowest BCUT2D eigenvalue weighted by molar-refractivity contribution is -0.136. The Morgan fingerprint density at radius 1 is 1.32 bits per heavy atom. The minimum Gasteiger partial charge on any atom is -0.481 e. The Bertz CT molecular complexity index is 839. The van der Waals surface area contributed by atoms with E-state index < -0.39 is 17.9 Å². The number of carboxylic acids is 2. The van der Waals surface area contributed by atoms with Crippen molar-refractivity contribution in [1.82, 2.24) is 0 Å². The van der Waals surface area contributed by atoms with Crippen LogP contribution in [-0.4, -0.2) is 28.1 Å². The Hall–Kier alpha value is -3.07. The highest BCUT2D eigenvalue weighted by atomic mass is 16.5. The average Bonchev–Trinajstić information content (AvgIpc) is 2.92. The molecule has 6 nitrogen and oxygen atoms in total. The van der Waals surface area contributed by atoms with E-state index >= 15 is 0 Å². The smallest absolute Gasteiger partial charge is 0.339 e. The van der Waals surface area contributed by atoms with Gasteiger partial charge in [0.05, 0.1) is 11.1 Å². The lowest BCUT2D eigenvalue weighted by Gasteiger charge is -2.14. The predicted octanol–water partition coefficient (Wildman–Crippen LogP) is 2.70. The Kier molecular flexibility index (Phi) is 5.28. The molecule has 0 aromatic heterocycles. The van der Waals surface area contributed by atoms with E-state index in [-0.39, 0.29) is 30.6 Å². The molecular formula is C19H18O6. The second kappa shape index (κ2) is 7.22. The van der Waals surface area contributed by atoms with E-state index in [0.717, 1.165) is 5.57 Å². The first-order valence-corrected chi connectivity index (χ1v) is 7.70. The van der Waals surface area contributed by atoms with Crippen LogP contribution in [-0.2, 0) is 22.6 Å². The van der Waals surface area contributed by atoms with Crippen LogP contribution in [0, 0.1) is 19.3 Å². The van der Waals surface area contributed by atoms with Crippen molar-refractivity contribution in [3.63, 3.8) is 0 Å². The fourth-order valence-electron chi connectivity index (χ4n) is 2.93. The molecule has 0 fully saturated rings. The average molecular weight is 342 g/mol. The minimum absolute atomic E-state index is 0.00828. The topological polar surface area (TPSA) is 101 Å². The van der Waals surface area contributed by atoms with Gasteiger partial charge in [-0.15, -0.1) is 6.42 Å². The van der Waals surface area contributed by atoms with Gasteiger partial charge in [0, 0.05) is 17.5 Å². The summed E-state index contributed by atoms with van der Waals surface area (Å²) in [6.45, 7) is 3.53. The van der Waals surface area contributed by atoms with Crippen LogP contribution in [0.1, 0.15) is 62.7 Å². The maximum atomic E-state index is 12.0. The number of ether oxygens (including phenoxy) is 1. The number of hydrogen-bond acceptors (Lipinski definition) is 4. The van der Waals surface area contributed by atoms with Crippen LogP contribution in [0.3, 0.4) is 0 Å². The van der Waals surface area contributed by atoms with Crippen LogP contribution in [0.4, 0.5) is 0 Å². The number of fused-ring (bicyclic) bond motifs is 1. The molecule has 6 heteroatoms. The first-order valence-electron chi connectivity index (χ1n) is 7.70. The monoisotopic (exact) mass is 342 g/mol. The number of hydrogen-bond donors (Lipinski definition) is 2. The summed E-state index contributed by atoms with van der Waals surface area (Å²) in [5, 5.41) is 18.4. The van der Waals surface area contributed by atoms with Crippen molar-refractivity contribution in [3.8, 4) is 12.3 Å². The van der Waals surface area contributed by atoms with Gasteiger partial charge in [0.25, 0.3) is 0 Å². The zero-order chi connectivity index (χ0) is 18.7. The molecule has 1 aromatic carbocycles. The molecule has 25 heavy (non-hydrogen) atoms. The second-order valence-electron chi connectivity index (χ2n) is 5.88. The SMILES string of the molecule is C#Cc1c(C)c2c(c(C(=O)O)c1CC=C(C)CCC(=O)O)C(=O)OC2. The van der Waals surface area contributed by atoms with Gasteiger partial charge in [-0.3, -0.25) is 4.79 Å². The third-order valence-corrected chi connectivity index (χ3v) is 4.28. The number of carbonyl (C=O) groups excluding carboxylic acids is 1. The number of allylic oxidation sites excluding steroid dienone is 2. The van der Waals surface area contributed by atoms with E-state index in [0.29, 0.717) is 28.7 Å². The van der Waals surface area contributed by atoms with Gasteiger partial charge in [0.2, 0.25) is 0 Å². The highest BCUT2D eigenvalue weighted by molar-refractivity contribution is 6.06. The summed E-state index contributed by atoms with van der Waals surface area (Å²) >= 11 is 0. The van der Waals surface area contributed by atoms with Crippen LogP contribution in [0.2, 0.25) is 0 Å². The van der Waals surface area contributed by atoms with E-state index in [9.17, 15) is 19.5 Å². The standard InChI is InChI=1S/C19H18O6/c1-4-12-11(3)14-9-25-19(24)17(14)16(18(22)23)13(12)7-5-10(2)6-8-15(20)21/h1,5H,6-9H2,2-3H3,(H,20,21)(H,22,23). The zero-order valence-corrected chi connectivity index (χ0v) is 14.0. The highest BCUT2D eigenvalue weighted by Gasteiger charge is 2.33. The molecule has 0 aliphatic carbocycles. The summed E-state index contributed by atoms with van der Waals surface area (Å²) < 4.78 is 4.99. The Labute approximate surface area is 145 Å². The summed E-state index contributed by atoms with van der Waals surface area (Å²) in [5.41, 5.74) is 2.75. The molecule has 0 radical (unpaired) electrons. The highest BCUT2D eigenvalue weighted by Crippen LogP contribution is 2.33. The van der Waals surface area contributed by atoms with Gasteiger partial charge in [0.15, 0.2) is 0 Å². The predicted molar refractivity (Wildman–Crippen MR) is 89.5 cm³/mol. The van der Waals surface area contributed by atoms with Crippen molar-refractivity contribution >= 4 is 17.9 Å². The molecule has 0 unspecified atom stereocenters. The lowest BCUT2D eigenvalue weighted by atomic mass is 9.86. The molecule has 2 N–H and O–H groups in total. The summed E-state index contributed by atoms with van der Waals surface area (Å²) in [7, 11) is 0. The quantitative estimate of drug-likeness (QED) is 0.468. The molecule has 1 aliphatic heterocycles. The van der Waals surface area contributed by atoms with E-state index in [2.05, 4.69) is 5.92 Å². The molecule has 1 aromatic rings. The number of cyclic esters (lactones) is 1. The second-order valence-corrected chi connectivity index (χ2v) is 5.88. The van der Waals surface area contributed by atoms with Crippen LogP contribution < -0.4 is 0 Å². The van der Waals surface area contributed by atoms with E-state index in [4.69, 9.17) is 16.3 Å². The normalized spacial score (nSPS) is 13.2. The number of benzene rings is 1. The molecule has 1 heterocycles. The van der Waals surface area contributed by atoms with Gasteiger partial charge in [-0.25, -0.2) is 9.59 Å². The van der Waals surface area contributed by atoms with Crippen molar-refractivity contribution in [1.29, 1.82) is 0 Å². The summed E-state index contributed by atoms with van der Waals surface area (Å²) in [4.78, 5) is 34.4. The third kappa shape index (κ3) is 3.56. The molecule has 0 amide bonds. The number of aliphatic carboxylic acids is 1. The summed E-state index contributed by atoms with van der Waals surface area (Å²) in [6, 6.07) is 0. The van der Waals surface area contributed by atoms with Crippen molar-refractivity contribution in [2.75, 3.05) is 0 Å². The van der Waals surface area contributed by atoms with E-state index in [1.54, 1.807) is 19.9 Å². The van der Waals surface area contributed by atoms with Gasteiger partial charge >= 0.3 is 17.9 Å². The van der Waals surface area contributed by atoms with Crippen molar-refractivity contribution in [2.45, 2.75) is 39.7 Å². The molecule has 130 valence electrons. The molecule has 0 bridgehead atoms. The third-order valence-electron chi connectivity index (χ3n) is 4.28.